The molecule has 1 amide bonds. The first kappa shape index (κ1) is 11.8. The van der Waals surface area contributed by atoms with E-state index in [1.54, 1.807) is 0 Å². The number of hydrogen-bond acceptors (Lipinski definition) is 2. The van der Waals surface area contributed by atoms with Gasteiger partial charge >= 0.3 is 93.5 Å². The van der Waals surface area contributed by atoms with Crippen LogP contribution in [0.25, 0.3) is 0 Å². The molecule has 0 spiro atoms. The summed E-state index contributed by atoms with van der Waals surface area (Å²) in [5.41, 5.74) is 0. The number of benzene rings is 1. The van der Waals surface area contributed by atoms with Gasteiger partial charge in [0.25, 0.3) is 0 Å². The Morgan fingerprint density at radius 1 is 1.27 bits per heavy atom. The Morgan fingerprint density at radius 2 is 1.93 bits per heavy atom. The van der Waals surface area contributed by atoms with E-state index in [4.69, 9.17) is 5.11 Å². The van der Waals surface area contributed by atoms with Gasteiger partial charge in [-0.2, -0.15) is 0 Å². The fraction of sp³-hybridized carbons (Fsp3) is 0.200. The van der Waals surface area contributed by atoms with Gasteiger partial charge in [-0.1, -0.05) is 0 Å². The molecule has 0 aromatic heterocycles. The van der Waals surface area contributed by atoms with Crippen LogP contribution in [-0.2, 0) is 9.59 Å². The summed E-state index contributed by atoms with van der Waals surface area (Å²) in [5, 5.41) is 11.0. The van der Waals surface area contributed by atoms with E-state index < -0.39 is 5.97 Å². The molecule has 0 heterocycles. The number of amides is 1. The van der Waals surface area contributed by atoms with Crippen molar-refractivity contribution in [1.29, 1.82) is 0 Å². The zero-order valence-corrected chi connectivity index (χ0v) is 9.69. The second-order valence-corrected chi connectivity index (χ2v) is 4.97. The third kappa shape index (κ3) is 5.20. The molecule has 0 saturated heterocycles. The molecular weight excluding hydrogens is 261 g/mol. The molecule has 1 aromatic rings. The summed E-state index contributed by atoms with van der Waals surface area (Å²) in [7, 11) is 0. The Bertz CT molecular complexity index is 340. The van der Waals surface area contributed by atoms with Crippen LogP contribution in [0.1, 0.15) is 0 Å². The van der Waals surface area contributed by atoms with Crippen LogP contribution in [0.15, 0.2) is 30.3 Å². The molecule has 4 nitrogen and oxygen atoms in total. The van der Waals surface area contributed by atoms with Crippen molar-refractivity contribution in [3.05, 3.63) is 30.3 Å². The van der Waals surface area contributed by atoms with Gasteiger partial charge in [-0.25, -0.2) is 0 Å². The van der Waals surface area contributed by atoms with E-state index in [2.05, 4.69) is 5.32 Å². The summed E-state index contributed by atoms with van der Waals surface area (Å²) in [6.45, 7) is -0.302. The molecule has 0 radical (unpaired) electrons. The van der Waals surface area contributed by atoms with Gasteiger partial charge in [0.1, 0.15) is 0 Å². The van der Waals surface area contributed by atoms with Crippen LogP contribution in [0.4, 0.5) is 0 Å². The van der Waals surface area contributed by atoms with Crippen molar-refractivity contribution in [3.8, 4) is 0 Å². The zero-order chi connectivity index (χ0) is 11.1. The van der Waals surface area contributed by atoms with Gasteiger partial charge < -0.3 is 0 Å². The second kappa shape index (κ2) is 6.22. The average molecular weight is 272 g/mol. The maximum absolute atomic E-state index is 11.2. The molecule has 0 saturated carbocycles. The Morgan fingerprint density at radius 3 is 2.53 bits per heavy atom. The number of carbonyl (C=O) groups excluding carboxylic acids is 1. The van der Waals surface area contributed by atoms with Gasteiger partial charge in [0.05, 0.1) is 0 Å². The zero-order valence-electron chi connectivity index (χ0n) is 7.97. The van der Waals surface area contributed by atoms with Crippen molar-refractivity contribution in [2.75, 3.05) is 6.54 Å². The number of rotatable bonds is 5. The predicted octanol–water partition coefficient (Wildman–Crippen LogP) is -0.365. The van der Waals surface area contributed by atoms with Crippen LogP contribution < -0.4 is 9.78 Å². The van der Waals surface area contributed by atoms with Gasteiger partial charge in [0, 0.05) is 0 Å². The SMILES string of the molecule is O=C(O)CNC(=O)C[Se]c1ccccc1. The molecule has 0 atom stereocenters. The van der Waals surface area contributed by atoms with E-state index in [1.807, 2.05) is 30.3 Å². The van der Waals surface area contributed by atoms with E-state index in [1.165, 1.54) is 0 Å². The number of hydrogen-bond donors (Lipinski definition) is 2. The molecule has 0 unspecified atom stereocenters. The Balaban J connectivity index is 2.26. The van der Waals surface area contributed by atoms with Crippen molar-refractivity contribution in [1.82, 2.24) is 5.32 Å². The second-order valence-electron chi connectivity index (χ2n) is 2.77. The molecule has 0 bridgehead atoms. The fourth-order valence-electron chi connectivity index (χ4n) is 0.891. The quantitative estimate of drug-likeness (QED) is 0.719. The van der Waals surface area contributed by atoms with E-state index >= 15 is 0 Å². The standard InChI is InChI=1S/C10H11NO3Se/c12-9(11-6-10(13)14)7-15-8-4-2-1-3-5-8/h1-5H,6-7H2,(H,11,12)(H,13,14). The number of carboxylic acid groups (broad SMARTS) is 1. The van der Waals surface area contributed by atoms with Crippen LogP contribution >= 0.6 is 0 Å². The summed E-state index contributed by atoms with van der Waals surface area (Å²) in [5.74, 6) is -1.23. The van der Waals surface area contributed by atoms with Crippen LogP contribution in [0.3, 0.4) is 0 Å². The topological polar surface area (TPSA) is 66.4 Å². The molecule has 1 aromatic carbocycles. The van der Waals surface area contributed by atoms with Crippen molar-refractivity contribution in [3.63, 3.8) is 0 Å². The first-order valence-corrected chi connectivity index (χ1v) is 6.41. The number of aliphatic carboxylic acids is 1. The normalized spacial score (nSPS) is 9.60. The molecular formula is C10H11NO3Se. The van der Waals surface area contributed by atoms with Crippen molar-refractivity contribution in [2.24, 2.45) is 0 Å². The molecule has 0 aliphatic rings. The molecule has 15 heavy (non-hydrogen) atoms. The maximum atomic E-state index is 11.2. The molecule has 1 rings (SSSR count). The van der Waals surface area contributed by atoms with Crippen LogP contribution in [0.5, 0.6) is 0 Å². The number of carboxylic acids is 1. The van der Waals surface area contributed by atoms with Gasteiger partial charge in [-0.05, 0) is 0 Å². The molecule has 0 aliphatic carbocycles. The molecule has 0 aliphatic heterocycles. The summed E-state index contributed by atoms with van der Waals surface area (Å²) < 4.78 is 1.13. The van der Waals surface area contributed by atoms with E-state index in [-0.39, 0.29) is 27.4 Å². The van der Waals surface area contributed by atoms with E-state index in [9.17, 15) is 9.59 Å². The summed E-state index contributed by atoms with van der Waals surface area (Å²) in [6.07, 6.45) is 0. The van der Waals surface area contributed by atoms with Crippen LogP contribution in [0, 0.1) is 0 Å². The summed E-state index contributed by atoms with van der Waals surface area (Å²) in [4.78, 5) is 21.3. The monoisotopic (exact) mass is 273 g/mol. The fourth-order valence-corrected chi connectivity index (χ4v) is 2.46. The third-order valence-corrected chi connectivity index (χ3v) is 3.67. The van der Waals surface area contributed by atoms with E-state index in [0.717, 1.165) is 4.46 Å². The number of carbonyl (C=O) groups is 2. The number of nitrogens with one attached hydrogen (secondary N) is 1. The Labute approximate surface area is 93.8 Å². The van der Waals surface area contributed by atoms with Crippen molar-refractivity contribution >= 4 is 31.3 Å². The van der Waals surface area contributed by atoms with Crippen molar-refractivity contribution in [2.45, 2.75) is 5.32 Å². The minimum atomic E-state index is -1.02. The molecule has 0 fully saturated rings. The van der Waals surface area contributed by atoms with E-state index in [0.29, 0.717) is 5.32 Å². The van der Waals surface area contributed by atoms with Gasteiger partial charge in [-0.3, -0.25) is 0 Å². The summed E-state index contributed by atoms with van der Waals surface area (Å²) >= 11 is 0.0733. The third-order valence-electron chi connectivity index (χ3n) is 1.55. The van der Waals surface area contributed by atoms with Gasteiger partial charge in [0.2, 0.25) is 0 Å². The Hall–Kier alpha value is -1.32. The Kier molecular flexibility index (Phi) is 4.87. The first-order valence-electron chi connectivity index (χ1n) is 4.35. The summed E-state index contributed by atoms with van der Waals surface area (Å²) in [6, 6.07) is 9.69. The van der Waals surface area contributed by atoms with Crippen LogP contribution in [-0.4, -0.2) is 38.5 Å². The molecule has 5 heteroatoms. The molecule has 80 valence electrons. The van der Waals surface area contributed by atoms with Crippen LogP contribution in [0.2, 0.25) is 5.32 Å². The minimum absolute atomic E-state index is 0.0733. The van der Waals surface area contributed by atoms with Gasteiger partial charge in [-0.15, -0.1) is 0 Å². The van der Waals surface area contributed by atoms with Gasteiger partial charge in [0.15, 0.2) is 0 Å². The predicted molar refractivity (Wildman–Crippen MR) is 57.3 cm³/mol. The average Bonchev–Trinajstić information content (AvgIpc) is 2.25. The molecule has 2 N–H and O–H groups in total. The first-order chi connectivity index (χ1) is 7.18. The van der Waals surface area contributed by atoms with Crippen molar-refractivity contribution < 1.29 is 14.7 Å².